The Morgan fingerprint density at radius 2 is 1.82 bits per heavy atom. The van der Waals surface area contributed by atoms with Crippen molar-refractivity contribution in [2.75, 3.05) is 0 Å². The van der Waals surface area contributed by atoms with Gasteiger partial charge in [0.1, 0.15) is 11.5 Å². The lowest BCUT2D eigenvalue weighted by atomic mass is 10.1. The lowest BCUT2D eigenvalue weighted by molar-refractivity contribution is 0.466. The van der Waals surface area contributed by atoms with E-state index in [4.69, 9.17) is 4.74 Å². The van der Waals surface area contributed by atoms with Crippen molar-refractivity contribution in [1.82, 2.24) is 0 Å². The van der Waals surface area contributed by atoms with Crippen LogP contribution in [0.3, 0.4) is 0 Å². The highest BCUT2D eigenvalue weighted by Crippen LogP contribution is 2.32. The molecule has 0 spiro atoms. The summed E-state index contributed by atoms with van der Waals surface area (Å²) in [6.07, 6.45) is 2.64. The maximum Gasteiger partial charge on any atom is 0.144 e. The van der Waals surface area contributed by atoms with E-state index in [0.717, 1.165) is 28.4 Å². The van der Waals surface area contributed by atoms with Gasteiger partial charge >= 0.3 is 0 Å². The number of ether oxygens (including phenoxy) is 1. The van der Waals surface area contributed by atoms with Crippen molar-refractivity contribution in [3.8, 4) is 11.5 Å². The summed E-state index contributed by atoms with van der Waals surface area (Å²) in [7, 11) is 0. The van der Waals surface area contributed by atoms with Gasteiger partial charge in [-0.25, -0.2) is 0 Å². The van der Waals surface area contributed by atoms with Crippen molar-refractivity contribution in [2.24, 2.45) is 0 Å². The van der Waals surface area contributed by atoms with E-state index in [0.29, 0.717) is 0 Å². The van der Waals surface area contributed by atoms with Crippen LogP contribution in [-0.4, -0.2) is 0 Å². The van der Waals surface area contributed by atoms with E-state index in [1.807, 2.05) is 54.6 Å². The lowest BCUT2D eigenvalue weighted by Gasteiger charge is -2.12. The second-order valence-electron chi connectivity index (χ2n) is 3.67. The van der Waals surface area contributed by atoms with Crippen molar-refractivity contribution < 1.29 is 4.74 Å². The molecule has 2 aromatic rings. The fourth-order valence-electron chi connectivity index (χ4n) is 1.61. The minimum Gasteiger partial charge on any atom is -0.456 e. The van der Waals surface area contributed by atoms with Crippen LogP contribution >= 0.6 is 12.6 Å². The third-order valence-electron chi connectivity index (χ3n) is 2.40. The van der Waals surface area contributed by atoms with E-state index in [2.05, 4.69) is 19.2 Å². The van der Waals surface area contributed by atoms with Crippen LogP contribution in [0.1, 0.15) is 5.56 Å². The Morgan fingerprint density at radius 3 is 2.53 bits per heavy atom. The molecule has 0 amide bonds. The van der Waals surface area contributed by atoms with Gasteiger partial charge in [0, 0.05) is 4.90 Å². The Hall–Kier alpha value is -1.67. The van der Waals surface area contributed by atoms with Crippen molar-refractivity contribution in [2.45, 2.75) is 11.3 Å². The fourth-order valence-corrected chi connectivity index (χ4v) is 1.89. The Bertz CT molecular complexity index is 506. The molecule has 0 saturated carbocycles. The molecule has 0 aliphatic rings. The normalized spacial score (nSPS) is 9.94. The van der Waals surface area contributed by atoms with Crippen LogP contribution in [0.4, 0.5) is 0 Å². The molecule has 0 aliphatic heterocycles. The smallest absolute Gasteiger partial charge is 0.144 e. The highest BCUT2D eigenvalue weighted by molar-refractivity contribution is 7.80. The molecule has 0 aromatic heterocycles. The standard InChI is InChI=1S/C15H14OS/c1-2-7-12-8-6-11-14(17)15(12)16-13-9-4-3-5-10-13/h2-6,8-11,17H,1,7H2. The van der Waals surface area contributed by atoms with Crippen LogP contribution in [0.15, 0.2) is 66.1 Å². The highest BCUT2D eigenvalue weighted by atomic mass is 32.1. The Balaban J connectivity index is 2.34. The van der Waals surface area contributed by atoms with Crippen LogP contribution < -0.4 is 4.74 Å². The second kappa shape index (κ2) is 5.60. The van der Waals surface area contributed by atoms with Crippen LogP contribution in [0, 0.1) is 0 Å². The van der Waals surface area contributed by atoms with Crippen molar-refractivity contribution in [3.63, 3.8) is 0 Å². The second-order valence-corrected chi connectivity index (χ2v) is 4.16. The quantitative estimate of drug-likeness (QED) is 0.613. The summed E-state index contributed by atoms with van der Waals surface area (Å²) in [6.45, 7) is 3.75. The summed E-state index contributed by atoms with van der Waals surface area (Å²) < 4.78 is 5.87. The summed E-state index contributed by atoms with van der Waals surface area (Å²) in [5.41, 5.74) is 1.09. The topological polar surface area (TPSA) is 9.23 Å². The van der Waals surface area contributed by atoms with Gasteiger partial charge in [-0.2, -0.15) is 0 Å². The number of hydrogen-bond acceptors (Lipinski definition) is 2. The first-order valence-electron chi connectivity index (χ1n) is 5.46. The van der Waals surface area contributed by atoms with Crippen molar-refractivity contribution >= 4 is 12.6 Å². The molecule has 0 bridgehead atoms. The molecule has 2 aromatic carbocycles. The van der Waals surface area contributed by atoms with Crippen LogP contribution in [-0.2, 0) is 6.42 Å². The zero-order valence-corrected chi connectivity index (χ0v) is 10.4. The summed E-state index contributed by atoms with van der Waals surface area (Å²) in [5, 5.41) is 0. The van der Waals surface area contributed by atoms with E-state index in [-0.39, 0.29) is 0 Å². The van der Waals surface area contributed by atoms with E-state index >= 15 is 0 Å². The zero-order valence-electron chi connectivity index (χ0n) is 9.47. The molecular formula is C15H14OS. The van der Waals surface area contributed by atoms with Gasteiger partial charge in [-0.1, -0.05) is 36.4 Å². The molecule has 0 atom stereocenters. The zero-order chi connectivity index (χ0) is 12.1. The summed E-state index contributed by atoms with van der Waals surface area (Å²) in [6, 6.07) is 15.6. The van der Waals surface area contributed by atoms with Crippen LogP contribution in [0.25, 0.3) is 0 Å². The minimum absolute atomic E-state index is 0.774. The first-order valence-corrected chi connectivity index (χ1v) is 5.90. The van der Waals surface area contributed by atoms with Gasteiger partial charge in [0.15, 0.2) is 0 Å². The number of rotatable bonds is 4. The van der Waals surface area contributed by atoms with Gasteiger partial charge in [0.25, 0.3) is 0 Å². The molecule has 0 heterocycles. The first kappa shape index (κ1) is 11.8. The maximum absolute atomic E-state index is 5.87. The van der Waals surface area contributed by atoms with Gasteiger partial charge in [-0.15, -0.1) is 19.2 Å². The minimum atomic E-state index is 0.774. The molecule has 0 unspecified atom stereocenters. The molecule has 0 saturated heterocycles. The number of allylic oxidation sites excluding steroid dienone is 1. The summed E-state index contributed by atoms with van der Waals surface area (Å²) in [5.74, 6) is 1.63. The molecule has 0 fully saturated rings. The van der Waals surface area contributed by atoms with E-state index in [1.54, 1.807) is 0 Å². The van der Waals surface area contributed by atoms with Crippen LogP contribution in [0.2, 0.25) is 0 Å². The SMILES string of the molecule is C=CCc1cccc(S)c1Oc1ccccc1. The van der Waals surface area contributed by atoms with E-state index in [9.17, 15) is 0 Å². The van der Waals surface area contributed by atoms with Crippen molar-refractivity contribution in [1.29, 1.82) is 0 Å². The molecule has 0 N–H and O–H groups in total. The molecule has 2 heteroatoms. The molecule has 1 nitrogen and oxygen atoms in total. The van der Waals surface area contributed by atoms with Gasteiger partial charge in [0.05, 0.1) is 0 Å². The molecule has 17 heavy (non-hydrogen) atoms. The average molecular weight is 242 g/mol. The van der Waals surface area contributed by atoms with E-state index in [1.165, 1.54) is 0 Å². The number of hydrogen-bond donors (Lipinski definition) is 1. The Labute approximate surface area is 107 Å². The Morgan fingerprint density at radius 1 is 1.06 bits per heavy atom. The number of thiol groups is 1. The molecule has 2 rings (SSSR count). The van der Waals surface area contributed by atoms with E-state index < -0.39 is 0 Å². The summed E-state index contributed by atoms with van der Waals surface area (Å²) in [4.78, 5) is 0.841. The van der Waals surface area contributed by atoms with Gasteiger partial charge in [-0.3, -0.25) is 0 Å². The number of benzene rings is 2. The van der Waals surface area contributed by atoms with Gasteiger partial charge < -0.3 is 4.74 Å². The largest absolute Gasteiger partial charge is 0.456 e. The molecule has 0 aliphatic carbocycles. The van der Waals surface area contributed by atoms with Crippen LogP contribution in [0.5, 0.6) is 11.5 Å². The predicted molar refractivity (Wildman–Crippen MR) is 74.1 cm³/mol. The monoisotopic (exact) mass is 242 g/mol. The Kier molecular flexibility index (Phi) is 3.89. The third kappa shape index (κ3) is 2.92. The maximum atomic E-state index is 5.87. The van der Waals surface area contributed by atoms with Gasteiger partial charge in [-0.05, 0) is 30.2 Å². The van der Waals surface area contributed by atoms with Crippen molar-refractivity contribution in [3.05, 3.63) is 66.7 Å². The first-order chi connectivity index (χ1) is 8.31. The number of para-hydroxylation sites is 2. The molecular weight excluding hydrogens is 228 g/mol. The molecule has 86 valence electrons. The third-order valence-corrected chi connectivity index (χ3v) is 2.76. The fraction of sp³-hybridized carbons (Fsp3) is 0.0667. The predicted octanol–water partition coefficient (Wildman–Crippen LogP) is 4.50. The van der Waals surface area contributed by atoms with Gasteiger partial charge in [0.2, 0.25) is 0 Å². The highest BCUT2D eigenvalue weighted by Gasteiger charge is 2.07. The average Bonchev–Trinajstić information content (AvgIpc) is 2.35. The molecule has 0 radical (unpaired) electrons. The lowest BCUT2D eigenvalue weighted by Crippen LogP contribution is -1.92. The summed E-state index contributed by atoms with van der Waals surface area (Å²) >= 11 is 4.43.